The molecule has 0 saturated heterocycles. The van der Waals surface area contributed by atoms with Crippen molar-refractivity contribution in [2.24, 2.45) is 0 Å². The summed E-state index contributed by atoms with van der Waals surface area (Å²) >= 11 is 0. The fourth-order valence-electron chi connectivity index (χ4n) is 2.52. The lowest BCUT2D eigenvalue weighted by Gasteiger charge is -2.32. The second-order valence-corrected chi connectivity index (χ2v) is 5.41. The summed E-state index contributed by atoms with van der Waals surface area (Å²) < 4.78 is 5.80. The maximum Gasteiger partial charge on any atom is 0.263 e. The SMILES string of the molecule is CN1CC(C(=O)NCCNc2cccnc2)Oc2ccccc21. The van der Waals surface area contributed by atoms with Crippen LogP contribution in [0, 0.1) is 0 Å². The molecule has 1 aromatic heterocycles. The number of rotatable bonds is 5. The van der Waals surface area contributed by atoms with Crippen LogP contribution in [0.5, 0.6) is 5.75 Å². The number of para-hydroxylation sites is 2. The molecule has 6 nitrogen and oxygen atoms in total. The van der Waals surface area contributed by atoms with Crippen LogP contribution in [0.1, 0.15) is 0 Å². The maximum absolute atomic E-state index is 12.3. The minimum atomic E-state index is -0.492. The third-order valence-corrected chi connectivity index (χ3v) is 3.69. The molecule has 1 unspecified atom stereocenters. The lowest BCUT2D eigenvalue weighted by Crippen LogP contribution is -2.48. The Morgan fingerprint density at radius 3 is 3.00 bits per heavy atom. The Labute approximate surface area is 135 Å². The van der Waals surface area contributed by atoms with Crippen LogP contribution in [-0.4, -0.2) is 43.7 Å². The number of carbonyl (C=O) groups is 1. The normalized spacial score (nSPS) is 16.2. The molecule has 1 aliphatic rings. The van der Waals surface area contributed by atoms with Gasteiger partial charge in [-0.05, 0) is 24.3 Å². The number of ether oxygens (including phenoxy) is 1. The number of nitrogens with zero attached hydrogens (tertiary/aromatic N) is 2. The molecule has 3 rings (SSSR count). The van der Waals surface area contributed by atoms with Gasteiger partial charge in [-0.15, -0.1) is 0 Å². The first-order valence-corrected chi connectivity index (χ1v) is 7.62. The van der Waals surface area contributed by atoms with Crippen LogP contribution in [0.3, 0.4) is 0 Å². The Balaban J connectivity index is 1.48. The predicted molar refractivity (Wildman–Crippen MR) is 89.9 cm³/mol. The number of hydrogen-bond acceptors (Lipinski definition) is 5. The smallest absolute Gasteiger partial charge is 0.263 e. The highest BCUT2D eigenvalue weighted by atomic mass is 16.5. The molecule has 0 radical (unpaired) electrons. The highest BCUT2D eigenvalue weighted by molar-refractivity contribution is 5.83. The monoisotopic (exact) mass is 312 g/mol. The lowest BCUT2D eigenvalue weighted by atomic mass is 10.2. The third-order valence-electron chi connectivity index (χ3n) is 3.69. The number of anilines is 2. The van der Waals surface area contributed by atoms with E-state index in [1.165, 1.54) is 0 Å². The van der Waals surface area contributed by atoms with E-state index in [0.29, 0.717) is 19.6 Å². The average molecular weight is 312 g/mol. The first kappa shape index (κ1) is 15.1. The summed E-state index contributed by atoms with van der Waals surface area (Å²) in [5.74, 6) is 0.647. The van der Waals surface area contributed by atoms with Gasteiger partial charge in [0.2, 0.25) is 0 Å². The van der Waals surface area contributed by atoms with E-state index < -0.39 is 6.10 Å². The number of nitrogens with one attached hydrogen (secondary N) is 2. The molecular weight excluding hydrogens is 292 g/mol. The standard InChI is InChI=1S/C17H20N4O2/c1-21-12-16(23-15-7-3-2-6-14(15)21)17(22)20-10-9-19-13-5-4-8-18-11-13/h2-8,11,16,19H,9-10,12H2,1H3,(H,20,22). The highest BCUT2D eigenvalue weighted by Gasteiger charge is 2.28. The first-order chi connectivity index (χ1) is 11.2. The van der Waals surface area contributed by atoms with E-state index in [-0.39, 0.29) is 5.91 Å². The van der Waals surface area contributed by atoms with Crippen molar-refractivity contribution >= 4 is 17.3 Å². The average Bonchev–Trinajstić information content (AvgIpc) is 2.59. The van der Waals surface area contributed by atoms with Gasteiger partial charge in [0.25, 0.3) is 5.91 Å². The summed E-state index contributed by atoms with van der Waals surface area (Å²) in [6.07, 6.45) is 2.98. The molecule has 0 fully saturated rings. The number of likely N-dealkylation sites (N-methyl/N-ethyl adjacent to an activating group) is 1. The van der Waals surface area contributed by atoms with Crippen molar-refractivity contribution in [3.63, 3.8) is 0 Å². The highest BCUT2D eigenvalue weighted by Crippen LogP contribution is 2.31. The summed E-state index contributed by atoms with van der Waals surface area (Å²) in [5, 5.41) is 6.10. The largest absolute Gasteiger partial charge is 0.477 e. The van der Waals surface area contributed by atoms with Crippen LogP contribution in [0.4, 0.5) is 11.4 Å². The van der Waals surface area contributed by atoms with E-state index >= 15 is 0 Å². The molecule has 0 saturated carbocycles. The Morgan fingerprint density at radius 1 is 1.30 bits per heavy atom. The number of amides is 1. The van der Waals surface area contributed by atoms with Gasteiger partial charge in [0.15, 0.2) is 6.10 Å². The van der Waals surface area contributed by atoms with Gasteiger partial charge < -0.3 is 20.3 Å². The molecule has 2 heterocycles. The fourth-order valence-corrected chi connectivity index (χ4v) is 2.52. The van der Waals surface area contributed by atoms with Gasteiger partial charge in [0.05, 0.1) is 17.9 Å². The molecule has 1 aliphatic heterocycles. The minimum Gasteiger partial charge on any atom is -0.477 e. The zero-order chi connectivity index (χ0) is 16.1. The van der Waals surface area contributed by atoms with Gasteiger partial charge in [-0.25, -0.2) is 0 Å². The molecule has 23 heavy (non-hydrogen) atoms. The molecule has 1 aromatic carbocycles. The zero-order valence-corrected chi connectivity index (χ0v) is 13.0. The maximum atomic E-state index is 12.3. The molecule has 0 aliphatic carbocycles. The predicted octanol–water partition coefficient (Wildman–Crippen LogP) is 1.51. The van der Waals surface area contributed by atoms with Crippen LogP contribution < -0.4 is 20.3 Å². The van der Waals surface area contributed by atoms with Crippen molar-refractivity contribution in [3.8, 4) is 5.75 Å². The number of carbonyl (C=O) groups excluding carboxylic acids is 1. The fraction of sp³-hybridized carbons (Fsp3) is 0.294. The van der Waals surface area contributed by atoms with Gasteiger partial charge in [-0.1, -0.05) is 12.1 Å². The van der Waals surface area contributed by atoms with Crippen molar-refractivity contribution in [1.82, 2.24) is 10.3 Å². The number of fused-ring (bicyclic) bond motifs is 1. The summed E-state index contributed by atoms with van der Waals surface area (Å²) in [6.45, 7) is 1.70. The van der Waals surface area contributed by atoms with Crippen LogP contribution in [0.15, 0.2) is 48.8 Å². The Morgan fingerprint density at radius 2 is 2.17 bits per heavy atom. The minimum absolute atomic E-state index is 0.0978. The summed E-state index contributed by atoms with van der Waals surface area (Å²) in [5.41, 5.74) is 1.94. The van der Waals surface area contributed by atoms with Gasteiger partial charge in [-0.3, -0.25) is 9.78 Å². The zero-order valence-electron chi connectivity index (χ0n) is 13.0. The van der Waals surface area contributed by atoms with E-state index in [9.17, 15) is 4.79 Å². The number of hydrogen-bond donors (Lipinski definition) is 2. The quantitative estimate of drug-likeness (QED) is 0.819. The summed E-state index contributed by atoms with van der Waals surface area (Å²) in [4.78, 5) is 18.3. The molecule has 120 valence electrons. The molecule has 2 N–H and O–H groups in total. The van der Waals surface area contributed by atoms with E-state index in [1.807, 2.05) is 48.3 Å². The molecule has 1 amide bonds. The Kier molecular flexibility index (Phi) is 4.61. The van der Waals surface area contributed by atoms with Gasteiger partial charge in [0.1, 0.15) is 5.75 Å². The molecular formula is C17H20N4O2. The second-order valence-electron chi connectivity index (χ2n) is 5.41. The Hall–Kier alpha value is -2.76. The second kappa shape index (κ2) is 7.00. The van der Waals surface area contributed by atoms with Crippen molar-refractivity contribution in [2.45, 2.75) is 6.10 Å². The lowest BCUT2D eigenvalue weighted by molar-refractivity contribution is -0.127. The van der Waals surface area contributed by atoms with Gasteiger partial charge in [0, 0.05) is 32.5 Å². The first-order valence-electron chi connectivity index (χ1n) is 7.62. The van der Waals surface area contributed by atoms with Crippen molar-refractivity contribution < 1.29 is 9.53 Å². The van der Waals surface area contributed by atoms with E-state index in [0.717, 1.165) is 17.1 Å². The van der Waals surface area contributed by atoms with E-state index in [4.69, 9.17) is 4.74 Å². The number of aromatic nitrogens is 1. The van der Waals surface area contributed by atoms with Crippen LogP contribution >= 0.6 is 0 Å². The summed E-state index contributed by atoms with van der Waals surface area (Å²) in [7, 11) is 1.96. The molecule has 2 aromatic rings. The Bertz CT molecular complexity index is 663. The van der Waals surface area contributed by atoms with Crippen LogP contribution in [-0.2, 0) is 4.79 Å². The van der Waals surface area contributed by atoms with Crippen molar-refractivity contribution in [1.29, 1.82) is 0 Å². The van der Waals surface area contributed by atoms with Gasteiger partial charge in [-0.2, -0.15) is 0 Å². The van der Waals surface area contributed by atoms with Crippen molar-refractivity contribution in [3.05, 3.63) is 48.8 Å². The van der Waals surface area contributed by atoms with Crippen LogP contribution in [0.25, 0.3) is 0 Å². The molecule has 0 spiro atoms. The van der Waals surface area contributed by atoms with Gasteiger partial charge >= 0.3 is 0 Å². The van der Waals surface area contributed by atoms with E-state index in [1.54, 1.807) is 12.4 Å². The molecule has 0 bridgehead atoms. The third kappa shape index (κ3) is 3.71. The van der Waals surface area contributed by atoms with Crippen LogP contribution in [0.2, 0.25) is 0 Å². The molecule has 1 atom stereocenters. The van der Waals surface area contributed by atoms with Crippen molar-refractivity contribution in [2.75, 3.05) is 36.9 Å². The summed E-state index contributed by atoms with van der Waals surface area (Å²) in [6, 6.07) is 11.5. The number of pyridine rings is 1. The van der Waals surface area contributed by atoms with E-state index in [2.05, 4.69) is 15.6 Å². The molecule has 6 heteroatoms. The number of benzene rings is 1. The topological polar surface area (TPSA) is 66.5 Å².